The average molecular weight is 607 g/mol. The molecule has 0 radical (unpaired) electrons. The smallest absolute Gasteiger partial charge is 0.161 e. The van der Waals surface area contributed by atoms with E-state index in [0.717, 1.165) is 16.7 Å². The van der Waals surface area contributed by atoms with Crippen LogP contribution >= 0.6 is 0 Å². The number of hydrogen-bond acceptors (Lipinski definition) is 2. The van der Waals surface area contributed by atoms with Gasteiger partial charge in [0.1, 0.15) is 0 Å². The second-order valence-corrected chi connectivity index (χ2v) is 12.2. The van der Waals surface area contributed by atoms with Crippen LogP contribution in [-0.2, 0) is 11.1 Å². The van der Waals surface area contributed by atoms with Crippen molar-refractivity contribution in [1.29, 1.82) is 0 Å². The molecule has 0 heterocycles. The van der Waals surface area contributed by atoms with E-state index in [1.807, 2.05) is 25.2 Å². The fourth-order valence-electron chi connectivity index (χ4n) is 7.14. The first-order valence-corrected chi connectivity index (χ1v) is 16.2. The van der Waals surface area contributed by atoms with Crippen molar-refractivity contribution in [3.8, 4) is 22.3 Å². The monoisotopic (exact) mass is 606 g/mol. The summed E-state index contributed by atoms with van der Waals surface area (Å²) in [6.07, 6.45) is 0. The zero-order chi connectivity index (χ0) is 32.3. The molecule has 1 atom stereocenters. The predicted octanol–water partition coefficient (Wildman–Crippen LogP) is 10.6. The van der Waals surface area contributed by atoms with E-state index in [9.17, 15) is 0 Å². The number of hydrogen-bond donors (Lipinski definition) is 1. The molecule has 1 N–H and O–H groups in total. The summed E-state index contributed by atoms with van der Waals surface area (Å²) in [5, 5.41) is 5.88. The van der Waals surface area contributed by atoms with Crippen molar-refractivity contribution < 1.29 is 0 Å². The topological polar surface area (TPSA) is 24.4 Å². The van der Waals surface area contributed by atoms with Crippen LogP contribution in [0.1, 0.15) is 34.7 Å². The Morgan fingerprint density at radius 2 is 0.830 bits per heavy atom. The first-order chi connectivity index (χ1) is 23.1. The maximum atomic E-state index is 4.59. The van der Waals surface area contributed by atoms with E-state index in [0.29, 0.717) is 0 Å². The van der Waals surface area contributed by atoms with E-state index < -0.39 is 5.66 Å². The van der Waals surface area contributed by atoms with Crippen LogP contribution in [0, 0.1) is 0 Å². The summed E-state index contributed by atoms with van der Waals surface area (Å²) in [6.45, 7) is 6.29. The first kappa shape index (κ1) is 30.1. The highest BCUT2D eigenvalue weighted by Gasteiger charge is 2.32. The van der Waals surface area contributed by atoms with Crippen molar-refractivity contribution in [2.75, 3.05) is 7.05 Å². The van der Waals surface area contributed by atoms with E-state index in [1.54, 1.807) is 0 Å². The van der Waals surface area contributed by atoms with Crippen LogP contribution < -0.4 is 5.32 Å². The Morgan fingerprint density at radius 3 is 1.26 bits per heavy atom. The highest BCUT2D eigenvalue weighted by atomic mass is 15.1. The van der Waals surface area contributed by atoms with Gasteiger partial charge in [0.2, 0.25) is 0 Å². The second kappa shape index (κ2) is 12.7. The van der Waals surface area contributed by atoms with Crippen LogP contribution in [0.25, 0.3) is 33.0 Å². The lowest BCUT2D eigenvalue weighted by molar-refractivity contribution is 0.464. The number of fused-ring (bicyclic) bond motifs is 1. The lowest BCUT2D eigenvalue weighted by atomic mass is 9.71. The molecule has 0 aromatic heterocycles. The van der Waals surface area contributed by atoms with Crippen LogP contribution in [-0.4, -0.2) is 13.8 Å². The number of nitrogens with one attached hydrogen (secondary N) is 1. The highest BCUT2D eigenvalue weighted by Crippen LogP contribution is 2.41. The van der Waals surface area contributed by atoms with E-state index in [1.165, 1.54) is 44.2 Å². The molecule has 0 spiro atoms. The third kappa shape index (κ3) is 5.27. The van der Waals surface area contributed by atoms with Gasteiger partial charge in [0.05, 0.1) is 0 Å². The van der Waals surface area contributed by atoms with Gasteiger partial charge in [-0.25, -0.2) is 0 Å². The number of benzene rings is 7. The molecule has 2 nitrogen and oxygen atoms in total. The SMILES string of the molecule is C=NC(NC)(c1ccccc1)c1ccc(-c2cccc3cccc(-c4ccc(C(C)(c5ccccc5)c5ccccc5)cc4)c23)cc1. The van der Waals surface area contributed by atoms with Crippen molar-refractivity contribution in [3.63, 3.8) is 0 Å². The van der Waals surface area contributed by atoms with E-state index in [-0.39, 0.29) is 5.41 Å². The molecule has 0 bridgehead atoms. The fraction of sp³-hybridized carbons (Fsp3) is 0.0889. The summed E-state index contributed by atoms with van der Waals surface area (Å²) >= 11 is 0. The van der Waals surface area contributed by atoms with Gasteiger partial charge in [0, 0.05) is 5.41 Å². The predicted molar refractivity (Wildman–Crippen MR) is 199 cm³/mol. The van der Waals surface area contributed by atoms with Gasteiger partial charge < -0.3 is 0 Å². The summed E-state index contributed by atoms with van der Waals surface area (Å²) in [7, 11) is 1.93. The van der Waals surface area contributed by atoms with Crippen LogP contribution in [0.4, 0.5) is 0 Å². The van der Waals surface area contributed by atoms with Crippen LogP contribution in [0.2, 0.25) is 0 Å². The summed E-state index contributed by atoms with van der Waals surface area (Å²) in [4.78, 5) is 4.59. The molecule has 1 unspecified atom stereocenters. The molecular formula is C45H38N2. The van der Waals surface area contributed by atoms with Crippen LogP contribution in [0.3, 0.4) is 0 Å². The lowest BCUT2D eigenvalue weighted by Crippen LogP contribution is -2.39. The summed E-state index contributed by atoms with van der Waals surface area (Å²) < 4.78 is 0. The molecule has 228 valence electrons. The quantitative estimate of drug-likeness (QED) is 0.128. The number of aliphatic imine (C=N–C) groups is 1. The first-order valence-electron chi connectivity index (χ1n) is 16.2. The summed E-state index contributed by atoms with van der Waals surface area (Å²) in [5.41, 5.74) is 9.67. The van der Waals surface area contributed by atoms with Gasteiger partial charge >= 0.3 is 0 Å². The lowest BCUT2D eigenvalue weighted by Gasteiger charge is -2.32. The minimum Gasteiger partial charge on any atom is -0.289 e. The third-order valence-corrected chi connectivity index (χ3v) is 9.78. The molecule has 0 fully saturated rings. The molecule has 7 aromatic carbocycles. The van der Waals surface area contributed by atoms with E-state index in [2.05, 4.69) is 182 Å². The number of rotatable bonds is 9. The van der Waals surface area contributed by atoms with Gasteiger partial charge in [-0.05, 0) is 81.5 Å². The minimum atomic E-state index is -0.723. The van der Waals surface area contributed by atoms with Gasteiger partial charge in [0.15, 0.2) is 5.66 Å². The van der Waals surface area contributed by atoms with Gasteiger partial charge in [-0.15, -0.1) is 0 Å². The molecule has 0 aliphatic heterocycles. The fourth-order valence-corrected chi connectivity index (χ4v) is 7.14. The minimum absolute atomic E-state index is 0.282. The van der Waals surface area contributed by atoms with Crippen molar-refractivity contribution in [3.05, 3.63) is 204 Å². The normalized spacial score (nSPS) is 12.8. The van der Waals surface area contributed by atoms with Gasteiger partial charge in [-0.2, -0.15) is 0 Å². The van der Waals surface area contributed by atoms with Crippen molar-refractivity contribution >= 4 is 17.5 Å². The Morgan fingerprint density at radius 1 is 0.447 bits per heavy atom. The third-order valence-electron chi connectivity index (χ3n) is 9.78. The molecule has 0 aliphatic carbocycles. The molecule has 0 amide bonds. The molecule has 7 rings (SSSR count). The Labute approximate surface area is 278 Å². The Balaban J connectivity index is 1.31. The van der Waals surface area contributed by atoms with Crippen LogP contribution in [0.15, 0.2) is 181 Å². The standard InChI is InChI=1S/C45H38N2/c1-44(36-17-7-4-8-18-36,37-19-9-5-10-20-37)38-29-25-33(26-30-38)41-23-13-15-35-16-14-24-42(43(35)41)34-27-31-40(32-28-34)45(46-2,47-3)39-21-11-6-12-22-39/h4-32,47H,2H2,1,3H3. The Bertz CT molecular complexity index is 2070. The molecule has 0 saturated carbocycles. The highest BCUT2D eigenvalue weighted by molar-refractivity contribution is 6.06. The number of nitrogens with zero attached hydrogens (tertiary/aromatic N) is 1. The molecule has 0 saturated heterocycles. The Hall–Kier alpha value is -5.57. The van der Waals surface area contributed by atoms with E-state index in [4.69, 9.17) is 0 Å². The van der Waals surface area contributed by atoms with Gasteiger partial charge in [-0.3, -0.25) is 10.3 Å². The van der Waals surface area contributed by atoms with Gasteiger partial charge in [-0.1, -0.05) is 176 Å². The zero-order valence-electron chi connectivity index (χ0n) is 26.9. The average Bonchev–Trinajstić information content (AvgIpc) is 3.16. The van der Waals surface area contributed by atoms with Crippen molar-refractivity contribution in [2.45, 2.75) is 18.0 Å². The van der Waals surface area contributed by atoms with Gasteiger partial charge in [0.25, 0.3) is 0 Å². The second-order valence-electron chi connectivity index (χ2n) is 12.2. The summed E-state index contributed by atoms with van der Waals surface area (Å²) in [6, 6.07) is 63.0. The van der Waals surface area contributed by atoms with Crippen LogP contribution in [0.5, 0.6) is 0 Å². The Kier molecular flexibility index (Phi) is 8.12. The largest absolute Gasteiger partial charge is 0.289 e. The maximum absolute atomic E-state index is 4.59. The molecule has 47 heavy (non-hydrogen) atoms. The maximum Gasteiger partial charge on any atom is 0.161 e. The van der Waals surface area contributed by atoms with Crippen molar-refractivity contribution in [2.24, 2.45) is 4.99 Å². The molecule has 0 aliphatic rings. The summed E-state index contributed by atoms with van der Waals surface area (Å²) in [5.74, 6) is 0. The molecule has 7 aromatic rings. The molecular weight excluding hydrogens is 569 g/mol. The van der Waals surface area contributed by atoms with E-state index >= 15 is 0 Å². The molecule has 2 heteroatoms. The van der Waals surface area contributed by atoms with Crippen molar-refractivity contribution in [1.82, 2.24) is 5.32 Å². The zero-order valence-corrected chi connectivity index (χ0v) is 26.9.